The second-order valence-electron chi connectivity index (χ2n) is 7.65. The normalized spacial score (nSPS) is 20.5. The zero-order chi connectivity index (χ0) is 21.3. The molecule has 2 aliphatic heterocycles. The van der Waals surface area contributed by atoms with Crippen molar-refractivity contribution >= 4 is 11.8 Å². The van der Waals surface area contributed by atoms with Gasteiger partial charge in [-0.15, -0.1) is 0 Å². The van der Waals surface area contributed by atoms with Gasteiger partial charge in [-0.05, 0) is 48.2 Å². The molecule has 158 valence electrons. The molecular weight excluding hydrogens is 389 g/mol. The maximum atomic E-state index is 13.8. The number of hydrogen-bond donors (Lipinski definition) is 2. The molecule has 2 saturated heterocycles. The van der Waals surface area contributed by atoms with E-state index >= 15 is 0 Å². The van der Waals surface area contributed by atoms with E-state index in [4.69, 9.17) is 15.2 Å². The van der Waals surface area contributed by atoms with Crippen LogP contribution in [0.15, 0.2) is 36.4 Å². The fourth-order valence-electron chi connectivity index (χ4n) is 4.09. The van der Waals surface area contributed by atoms with Crippen molar-refractivity contribution in [1.29, 1.82) is 0 Å². The largest absolute Gasteiger partial charge is 0.493 e. The van der Waals surface area contributed by atoms with Crippen LogP contribution in [0.1, 0.15) is 28.8 Å². The fourth-order valence-corrected chi connectivity index (χ4v) is 4.09. The summed E-state index contributed by atoms with van der Waals surface area (Å²) in [4.78, 5) is 26.4. The Kier molecular flexibility index (Phi) is 5.59. The van der Waals surface area contributed by atoms with Gasteiger partial charge in [-0.3, -0.25) is 9.59 Å². The lowest BCUT2D eigenvalue weighted by Gasteiger charge is -2.34. The first-order valence-corrected chi connectivity index (χ1v) is 9.91. The maximum absolute atomic E-state index is 13.8. The van der Waals surface area contributed by atoms with Crippen molar-refractivity contribution in [2.45, 2.75) is 25.4 Å². The predicted octanol–water partition coefficient (Wildman–Crippen LogP) is 2.44. The Hall–Kier alpha value is -3.13. The number of hydrogen-bond acceptors (Lipinski definition) is 5. The summed E-state index contributed by atoms with van der Waals surface area (Å²) in [5.74, 6) is 0.734. The Bertz CT molecular complexity index is 981. The highest BCUT2D eigenvalue weighted by atomic mass is 19.1. The molecule has 0 bridgehead atoms. The summed E-state index contributed by atoms with van der Waals surface area (Å²) >= 11 is 0. The molecular formula is C22H24FN3O4. The monoisotopic (exact) mass is 413 g/mol. The van der Waals surface area contributed by atoms with Crippen molar-refractivity contribution in [3.05, 3.63) is 53.3 Å². The molecule has 2 aliphatic rings. The number of fused-ring (bicyclic) bond motifs is 1. The number of likely N-dealkylation sites (tertiary alicyclic amines) is 1. The molecule has 4 rings (SSSR count). The van der Waals surface area contributed by atoms with Gasteiger partial charge in [0.15, 0.2) is 11.5 Å². The average Bonchev–Trinajstić information content (AvgIpc) is 3.11. The minimum Gasteiger partial charge on any atom is -0.493 e. The number of methoxy groups -OCH3 is 1. The molecule has 2 aromatic rings. The van der Waals surface area contributed by atoms with Gasteiger partial charge in [-0.25, -0.2) is 4.39 Å². The Labute approximate surface area is 173 Å². The van der Waals surface area contributed by atoms with Crippen LogP contribution in [0.5, 0.6) is 17.2 Å². The van der Waals surface area contributed by atoms with Crippen molar-refractivity contribution in [3.63, 3.8) is 0 Å². The summed E-state index contributed by atoms with van der Waals surface area (Å²) in [7, 11) is 1.49. The zero-order valence-electron chi connectivity index (χ0n) is 16.7. The van der Waals surface area contributed by atoms with Crippen LogP contribution < -0.4 is 20.5 Å². The molecule has 0 radical (unpaired) electrons. The van der Waals surface area contributed by atoms with Crippen molar-refractivity contribution in [1.82, 2.24) is 10.2 Å². The van der Waals surface area contributed by atoms with E-state index in [1.54, 1.807) is 29.2 Å². The minimum absolute atomic E-state index is 0.00569. The van der Waals surface area contributed by atoms with Gasteiger partial charge < -0.3 is 25.4 Å². The third kappa shape index (κ3) is 4.09. The van der Waals surface area contributed by atoms with Crippen LogP contribution in [0.2, 0.25) is 0 Å². The number of halogens is 1. The summed E-state index contributed by atoms with van der Waals surface area (Å²) in [6, 6.07) is 9.15. The van der Waals surface area contributed by atoms with E-state index in [-0.39, 0.29) is 30.2 Å². The molecule has 0 saturated carbocycles. The van der Waals surface area contributed by atoms with Gasteiger partial charge >= 0.3 is 0 Å². The van der Waals surface area contributed by atoms with Crippen molar-refractivity contribution in [2.24, 2.45) is 11.7 Å². The van der Waals surface area contributed by atoms with E-state index in [1.165, 1.54) is 19.2 Å². The second kappa shape index (κ2) is 8.31. The van der Waals surface area contributed by atoms with Gasteiger partial charge in [0.25, 0.3) is 5.91 Å². The van der Waals surface area contributed by atoms with Crippen molar-refractivity contribution in [2.75, 3.05) is 20.2 Å². The quantitative estimate of drug-likeness (QED) is 0.785. The first-order chi connectivity index (χ1) is 14.5. The Morgan fingerprint density at radius 3 is 2.87 bits per heavy atom. The summed E-state index contributed by atoms with van der Waals surface area (Å²) in [5.41, 5.74) is 6.63. The van der Waals surface area contributed by atoms with Crippen molar-refractivity contribution < 1.29 is 23.5 Å². The Morgan fingerprint density at radius 1 is 1.27 bits per heavy atom. The van der Waals surface area contributed by atoms with Crippen LogP contribution >= 0.6 is 0 Å². The van der Waals surface area contributed by atoms with Crippen LogP contribution in [-0.2, 0) is 11.3 Å². The Morgan fingerprint density at radius 2 is 2.10 bits per heavy atom. The molecule has 2 atom stereocenters. The van der Waals surface area contributed by atoms with Gasteiger partial charge in [0, 0.05) is 43.7 Å². The maximum Gasteiger partial charge on any atom is 0.254 e. The molecule has 0 spiro atoms. The molecule has 30 heavy (non-hydrogen) atoms. The molecule has 0 aliphatic carbocycles. The number of amides is 2. The number of nitrogens with zero attached hydrogens (tertiary/aromatic N) is 1. The number of carbonyl (C=O) groups is 2. The summed E-state index contributed by atoms with van der Waals surface area (Å²) in [5, 5.41) is 2.95. The van der Waals surface area contributed by atoms with Gasteiger partial charge in [0.1, 0.15) is 11.6 Å². The van der Waals surface area contributed by atoms with Crippen LogP contribution in [0.4, 0.5) is 4.39 Å². The third-order valence-corrected chi connectivity index (χ3v) is 5.64. The fraction of sp³-hybridized carbons (Fsp3) is 0.364. The lowest BCUT2D eigenvalue weighted by atomic mass is 9.92. The number of piperidine rings is 1. The number of rotatable bonds is 5. The highest BCUT2D eigenvalue weighted by Gasteiger charge is 2.38. The molecule has 2 fully saturated rings. The van der Waals surface area contributed by atoms with Crippen LogP contribution in [0, 0.1) is 11.7 Å². The smallest absolute Gasteiger partial charge is 0.254 e. The molecule has 2 amide bonds. The molecule has 0 unspecified atom stereocenters. The van der Waals surface area contributed by atoms with E-state index < -0.39 is 5.82 Å². The molecule has 7 nitrogen and oxygen atoms in total. The summed E-state index contributed by atoms with van der Waals surface area (Å²) in [6.07, 6.45) is 1.32. The second-order valence-corrected chi connectivity index (χ2v) is 7.65. The SMILES string of the molecule is COc1ccc(C(=O)N2CC[C@@H]3CC(=O)N[C@@H]3C2)cc1Oc1cc(F)cc(CN)c1. The molecule has 2 heterocycles. The lowest BCUT2D eigenvalue weighted by molar-refractivity contribution is -0.119. The zero-order valence-corrected chi connectivity index (χ0v) is 16.7. The van der Waals surface area contributed by atoms with Gasteiger partial charge in [-0.2, -0.15) is 0 Å². The minimum atomic E-state index is -0.458. The number of ether oxygens (including phenoxy) is 2. The topological polar surface area (TPSA) is 93.9 Å². The molecule has 2 aromatic carbocycles. The first kappa shape index (κ1) is 20.2. The van der Waals surface area contributed by atoms with Crippen LogP contribution in [0.25, 0.3) is 0 Å². The average molecular weight is 413 g/mol. The van der Waals surface area contributed by atoms with E-state index in [2.05, 4.69) is 5.32 Å². The number of benzene rings is 2. The molecule has 0 aromatic heterocycles. The first-order valence-electron chi connectivity index (χ1n) is 9.91. The van der Waals surface area contributed by atoms with Gasteiger partial charge in [-0.1, -0.05) is 0 Å². The highest BCUT2D eigenvalue weighted by Crippen LogP contribution is 2.34. The standard InChI is InChI=1S/C22H24FN3O4/c1-29-19-3-2-15(8-20(19)30-17-7-13(11-24)6-16(23)10-17)22(28)26-5-4-14-9-21(27)25-18(14)12-26/h2-3,6-8,10,14,18H,4-5,9,11-12,24H2,1H3,(H,25,27)/t14-,18-/m1/s1. The van der Waals surface area contributed by atoms with E-state index in [0.717, 1.165) is 6.42 Å². The molecule has 3 N–H and O–H groups in total. The third-order valence-electron chi connectivity index (χ3n) is 5.64. The van der Waals surface area contributed by atoms with Gasteiger partial charge in [0.05, 0.1) is 7.11 Å². The van der Waals surface area contributed by atoms with E-state index in [0.29, 0.717) is 48.1 Å². The van der Waals surface area contributed by atoms with Crippen molar-refractivity contribution in [3.8, 4) is 17.2 Å². The predicted molar refractivity (Wildman–Crippen MR) is 108 cm³/mol. The summed E-state index contributed by atoms with van der Waals surface area (Å²) in [6.45, 7) is 1.26. The Balaban J connectivity index is 1.56. The highest BCUT2D eigenvalue weighted by molar-refractivity contribution is 5.95. The number of carbonyl (C=O) groups excluding carboxylic acids is 2. The van der Waals surface area contributed by atoms with E-state index in [1.807, 2.05) is 0 Å². The van der Waals surface area contributed by atoms with Crippen LogP contribution in [-0.4, -0.2) is 43.0 Å². The van der Waals surface area contributed by atoms with Crippen LogP contribution in [0.3, 0.4) is 0 Å². The lowest BCUT2D eigenvalue weighted by Crippen LogP contribution is -2.49. The number of nitrogens with two attached hydrogens (primary N) is 1. The van der Waals surface area contributed by atoms with E-state index in [9.17, 15) is 14.0 Å². The summed E-state index contributed by atoms with van der Waals surface area (Å²) < 4.78 is 25.0. The molecule has 8 heteroatoms. The van der Waals surface area contributed by atoms with Gasteiger partial charge in [0.2, 0.25) is 5.91 Å². The number of nitrogens with one attached hydrogen (secondary N) is 1.